The molecule has 0 aliphatic heterocycles. The van der Waals surface area contributed by atoms with E-state index < -0.39 is 14.4 Å². The molecule has 0 heterocycles. The van der Waals surface area contributed by atoms with Gasteiger partial charge in [0.05, 0.1) is 5.69 Å². The lowest BCUT2D eigenvalue weighted by atomic mass is 10.3. The molecule has 0 atom stereocenters. The maximum Gasteiger partial charge on any atom is 0.313 e. The molecule has 0 N–H and O–H groups in total. The highest BCUT2D eigenvalue weighted by Crippen LogP contribution is 2.32. The fourth-order valence-electron chi connectivity index (χ4n) is 1.02. The largest absolute Gasteiger partial charge is 0.313 e. The second-order valence-corrected chi connectivity index (χ2v) is 8.10. The van der Waals surface area contributed by atoms with Gasteiger partial charge in [-0.05, 0) is 12.1 Å². The summed E-state index contributed by atoms with van der Waals surface area (Å²) in [7, 11) is -0.731. The first kappa shape index (κ1) is 14.9. The third-order valence-electron chi connectivity index (χ3n) is 1.81. The summed E-state index contributed by atoms with van der Waals surface area (Å²) in [5.41, 5.74) is 0.498. The molecule has 0 spiro atoms. The minimum absolute atomic E-state index is 0.498. The minimum atomic E-state index is -3.63. The van der Waals surface area contributed by atoms with Gasteiger partial charge in [-0.25, -0.2) is 0 Å². The van der Waals surface area contributed by atoms with E-state index >= 15 is 0 Å². The Labute approximate surface area is 116 Å². The molecule has 1 rings (SSSR count). The van der Waals surface area contributed by atoms with Gasteiger partial charge in [0.1, 0.15) is 0 Å². The SMILES string of the molecule is CN(C)S(=O)(=O)N(SC(Cl)Cl)c1ccccc1. The van der Waals surface area contributed by atoms with Gasteiger partial charge in [0.15, 0.2) is 4.17 Å². The van der Waals surface area contributed by atoms with E-state index in [9.17, 15) is 8.42 Å². The topological polar surface area (TPSA) is 40.6 Å². The highest BCUT2D eigenvalue weighted by molar-refractivity contribution is 8.15. The van der Waals surface area contributed by atoms with Crippen LogP contribution in [0.1, 0.15) is 0 Å². The monoisotopic (exact) mass is 314 g/mol. The predicted molar refractivity (Wildman–Crippen MR) is 74.6 cm³/mol. The zero-order valence-corrected chi connectivity index (χ0v) is 12.4. The van der Waals surface area contributed by atoms with Gasteiger partial charge in [-0.1, -0.05) is 41.4 Å². The number of alkyl halides is 2. The Morgan fingerprint density at radius 2 is 1.71 bits per heavy atom. The molecule has 1 aromatic carbocycles. The molecule has 0 saturated carbocycles. The number of nitrogens with zero attached hydrogens (tertiary/aromatic N) is 2. The van der Waals surface area contributed by atoms with Crippen LogP contribution < -0.4 is 3.71 Å². The Morgan fingerprint density at radius 1 is 1.18 bits per heavy atom. The summed E-state index contributed by atoms with van der Waals surface area (Å²) in [4.78, 5) is 0. The van der Waals surface area contributed by atoms with Crippen LogP contribution in [-0.4, -0.2) is 31.0 Å². The zero-order valence-electron chi connectivity index (χ0n) is 9.25. The van der Waals surface area contributed by atoms with Gasteiger partial charge in [-0.2, -0.15) is 16.4 Å². The summed E-state index contributed by atoms with van der Waals surface area (Å²) in [5.74, 6) is 0. The highest BCUT2D eigenvalue weighted by Gasteiger charge is 2.27. The van der Waals surface area contributed by atoms with Gasteiger partial charge < -0.3 is 0 Å². The molecular formula is C9H12Cl2N2O2S2. The summed E-state index contributed by atoms with van der Waals surface area (Å²) >= 11 is 12.1. The molecule has 0 saturated heterocycles. The molecule has 0 aliphatic rings. The van der Waals surface area contributed by atoms with Crippen molar-refractivity contribution in [2.75, 3.05) is 17.8 Å². The van der Waals surface area contributed by atoms with Crippen molar-refractivity contribution in [2.45, 2.75) is 4.17 Å². The molecule has 0 aromatic heterocycles. The maximum atomic E-state index is 12.1. The van der Waals surface area contributed by atoms with Crippen molar-refractivity contribution >= 4 is 51.0 Å². The lowest BCUT2D eigenvalue weighted by Crippen LogP contribution is -2.36. The van der Waals surface area contributed by atoms with Crippen molar-refractivity contribution in [1.82, 2.24) is 4.31 Å². The first-order valence-corrected chi connectivity index (χ1v) is 7.69. The van der Waals surface area contributed by atoms with Crippen molar-refractivity contribution in [1.29, 1.82) is 0 Å². The van der Waals surface area contributed by atoms with Crippen LogP contribution in [0.5, 0.6) is 0 Å². The summed E-state index contributed by atoms with van der Waals surface area (Å²) in [6, 6.07) is 8.62. The molecule has 0 bridgehead atoms. The van der Waals surface area contributed by atoms with Crippen LogP contribution >= 0.6 is 35.1 Å². The zero-order chi connectivity index (χ0) is 13.1. The third kappa shape index (κ3) is 3.93. The summed E-state index contributed by atoms with van der Waals surface area (Å²) in [6.07, 6.45) is 0. The number of hydrogen-bond acceptors (Lipinski definition) is 3. The molecule has 0 aliphatic carbocycles. The van der Waals surface area contributed by atoms with Crippen LogP contribution in [0, 0.1) is 0 Å². The first-order chi connectivity index (χ1) is 7.85. The van der Waals surface area contributed by atoms with E-state index in [0.717, 1.165) is 20.0 Å². The van der Waals surface area contributed by atoms with E-state index in [1.54, 1.807) is 30.3 Å². The van der Waals surface area contributed by atoms with E-state index in [1.165, 1.54) is 14.1 Å². The highest BCUT2D eigenvalue weighted by atomic mass is 35.5. The molecule has 0 amide bonds. The van der Waals surface area contributed by atoms with Gasteiger partial charge in [-0.15, -0.1) is 0 Å². The second kappa shape index (κ2) is 6.15. The van der Waals surface area contributed by atoms with Crippen LogP contribution in [0.4, 0.5) is 5.69 Å². The number of rotatable bonds is 5. The summed E-state index contributed by atoms with van der Waals surface area (Å²) < 4.78 is 25.5. The Balaban J connectivity index is 3.14. The van der Waals surface area contributed by atoms with Crippen molar-refractivity contribution in [3.05, 3.63) is 30.3 Å². The summed E-state index contributed by atoms with van der Waals surface area (Å²) in [5, 5.41) is 0. The van der Waals surface area contributed by atoms with Crippen molar-refractivity contribution in [3.63, 3.8) is 0 Å². The number of halogens is 2. The standard InChI is InChI=1S/C9H12Cl2N2O2S2/c1-12(2)17(14,15)13(16-9(10)11)8-6-4-3-5-7-8/h3-7,9H,1-2H3. The minimum Gasteiger partial charge on any atom is -0.196 e. The average molecular weight is 315 g/mol. The Morgan fingerprint density at radius 3 is 2.12 bits per heavy atom. The van der Waals surface area contributed by atoms with E-state index in [1.807, 2.05) is 0 Å². The van der Waals surface area contributed by atoms with Crippen molar-refractivity contribution in [3.8, 4) is 0 Å². The molecular weight excluding hydrogens is 303 g/mol. The van der Waals surface area contributed by atoms with Gasteiger partial charge in [-0.3, -0.25) is 0 Å². The van der Waals surface area contributed by atoms with Crippen LogP contribution in [0.2, 0.25) is 0 Å². The molecule has 0 fully saturated rings. The number of para-hydroxylation sites is 1. The molecule has 8 heteroatoms. The molecule has 0 unspecified atom stereocenters. The normalized spacial score (nSPS) is 12.1. The van der Waals surface area contributed by atoms with Gasteiger partial charge in [0, 0.05) is 26.0 Å². The number of anilines is 1. The Bertz CT molecular complexity index is 451. The number of benzene rings is 1. The third-order valence-corrected chi connectivity index (χ3v) is 5.23. The van der Waals surface area contributed by atoms with E-state index in [0.29, 0.717) is 5.69 Å². The quantitative estimate of drug-likeness (QED) is 0.620. The van der Waals surface area contributed by atoms with Crippen molar-refractivity contribution in [2.24, 2.45) is 0 Å². The lowest BCUT2D eigenvalue weighted by molar-refractivity contribution is 0.523. The predicted octanol–water partition coefficient (Wildman–Crippen LogP) is 2.71. The smallest absolute Gasteiger partial charge is 0.196 e. The van der Waals surface area contributed by atoms with Gasteiger partial charge >= 0.3 is 10.2 Å². The second-order valence-electron chi connectivity index (χ2n) is 3.22. The molecule has 0 radical (unpaired) electrons. The van der Waals surface area contributed by atoms with E-state index in [-0.39, 0.29) is 0 Å². The van der Waals surface area contributed by atoms with Crippen molar-refractivity contribution < 1.29 is 8.42 Å². The summed E-state index contributed by atoms with van der Waals surface area (Å²) in [6.45, 7) is 0. The first-order valence-electron chi connectivity index (χ1n) is 4.58. The van der Waals surface area contributed by atoms with Crippen LogP contribution in [-0.2, 0) is 10.2 Å². The lowest BCUT2D eigenvalue weighted by Gasteiger charge is -2.26. The fourth-order valence-corrected chi connectivity index (χ4v) is 3.95. The van der Waals surface area contributed by atoms with Crippen LogP contribution in [0.25, 0.3) is 0 Å². The van der Waals surface area contributed by atoms with Crippen LogP contribution in [0.3, 0.4) is 0 Å². The molecule has 96 valence electrons. The van der Waals surface area contributed by atoms with Crippen LogP contribution in [0.15, 0.2) is 30.3 Å². The number of hydrogen-bond donors (Lipinski definition) is 0. The Kier molecular flexibility index (Phi) is 5.40. The molecule has 4 nitrogen and oxygen atoms in total. The maximum absolute atomic E-state index is 12.1. The van der Waals surface area contributed by atoms with E-state index in [2.05, 4.69) is 0 Å². The Hall–Kier alpha value is -0.140. The molecule has 17 heavy (non-hydrogen) atoms. The average Bonchev–Trinajstić information content (AvgIpc) is 2.26. The molecule has 1 aromatic rings. The van der Waals surface area contributed by atoms with E-state index in [4.69, 9.17) is 23.2 Å². The fraction of sp³-hybridized carbons (Fsp3) is 0.333. The van der Waals surface area contributed by atoms with Gasteiger partial charge in [0.2, 0.25) is 0 Å². The van der Waals surface area contributed by atoms with Gasteiger partial charge in [0.25, 0.3) is 0 Å².